The maximum absolute atomic E-state index is 5.59. The smallest absolute Gasteiger partial charge is 0.110 e. The van der Waals surface area contributed by atoms with Gasteiger partial charge >= 0.3 is 0 Å². The van der Waals surface area contributed by atoms with E-state index in [2.05, 4.69) is 16.8 Å². The summed E-state index contributed by atoms with van der Waals surface area (Å²) in [4.78, 5) is 8.16. The lowest BCUT2D eigenvalue weighted by molar-refractivity contribution is 0.271. The zero-order chi connectivity index (χ0) is 9.97. The van der Waals surface area contributed by atoms with Crippen molar-refractivity contribution in [2.24, 2.45) is 5.73 Å². The van der Waals surface area contributed by atoms with Gasteiger partial charge in [0.05, 0.1) is 6.04 Å². The van der Waals surface area contributed by atoms with E-state index in [0.29, 0.717) is 12.6 Å². The van der Waals surface area contributed by atoms with Crippen LogP contribution in [0.1, 0.15) is 35.7 Å². The second-order valence-electron chi connectivity index (χ2n) is 3.66. The summed E-state index contributed by atoms with van der Waals surface area (Å²) in [7, 11) is 0. The van der Waals surface area contributed by atoms with Crippen molar-refractivity contribution in [3.05, 3.63) is 16.1 Å². The molecule has 1 aromatic heterocycles. The zero-order valence-corrected chi connectivity index (χ0v) is 9.39. The van der Waals surface area contributed by atoms with E-state index in [-0.39, 0.29) is 0 Å². The maximum atomic E-state index is 5.59. The number of aromatic nitrogens is 1. The maximum Gasteiger partial charge on any atom is 0.110 e. The van der Waals surface area contributed by atoms with Gasteiger partial charge in [-0.05, 0) is 25.9 Å². The molecule has 2 N–H and O–H groups in total. The van der Waals surface area contributed by atoms with E-state index in [1.165, 1.54) is 29.3 Å². The summed E-state index contributed by atoms with van der Waals surface area (Å²) in [6, 6.07) is 0.560. The van der Waals surface area contributed by atoms with E-state index < -0.39 is 0 Å². The van der Waals surface area contributed by atoms with Crippen LogP contribution in [0.4, 0.5) is 0 Å². The Hall–Kier alpha value is -0.450. The first-order valence-corrected chi connectivity index (χ1v) is 6.05. The van der Waals surface area contributed by atoms with Crippen LogP contribution in [-0.2, 0) is 6.54 Å². The fourth-order valence-electron chi connectivity index (χ4n) is 2.06. The molecule has 1 aliphatic heterocycles. The number of likely N-dealkylation sites (tertiary alicyclic amines) is 1. The first-order chi connectivity index (χ1) is 6.85. The molecule has 1 atom stereocenters. The molecular weight excluding hydrogens is 194 g/mol. The molecule has 2 heterocycles. The Morgan fingerprint density at radius 3 is 3.21 bits per heavy atom. The van der Waals surface area contributed by atoms with Gasteiger partial charge < -0.3 is 5.73 Å². The minimum absolute atomic E-state index is 0.560. The van der Waals surface area contributed by atoms with Crippen molar-refractivity contribution in [2.75, 3.05) is 13.1 Å². The van der Waals surface area contributed by atoms with Crippen LogP contribution in [0, 0.1) is 0 Å². The Morgan fingerprint density at radius 1 is 1.71 bits per heavy atom. The molecule has 2 rings (SSSR count). The molecule has 0 aliphatic carbocycles. The molecule has 78 valence electrons. The van der Waals surface area contributed by atoms with Gasteiger partial charge in [-0.2, -0.15) is 0 Å². The molecule has 0 amide bonds. The molecule has 4 heteroatoms. The highest BCUT2D eigenvalue weighted by Gasteiger charge is 2.26. The number of nitrogens with two attached hydrogens (primary N) is 1. The summed E-state index contributed by atoms with van der Waals surface area (Å²) < 4.78 is 0. The van der Waals surface area contributed by atoms with Crippen LogP contribution in [0.25, 0.3) is 0 Å². The molecule has 0 spiro atoms. The Morgan fingerprint density at radius 2 is 2.57 bits per heavy atom. The van der Waals surface area contributed by atoms with Crippen molar-refractivity contribution in [1.82, 2.24) is 9.88 Å². The lowest BCUT2D eigenvalue weighted by Crippen LogP contribution is -2.22. The van der Waals surface area contributed by atoms with Crippen LogP contribution in [-0.4, -0.2) is 23.0 Å². The molecule has 0 aromatic carbocycles. The van der Waals surface area contributed by atoms with Crippen LogP contribution in [0.5, 0.6) is 0 Å². The molecule has 0 saturated carbocycles. The Kier molecular flexibility index (Phi) is 3.15. The van der Waals surface area contributed by atoms with Gasteiger partial charge in [0, 0.05) is 17.6 Å². The lowest BCUT2D eigenvalue weighted by Gasteiger charge is -2.20. The van der Waals surface area contributed by atoms with Crippen molar-refractivity contribution in [2.45, 2.75) is 32.4 Å². The van der Waals surface area contributed by atoms with Crippen LogP contribution < -0.4 is 5.73 Å². The van der Waals surface area contributed by atoms with Crippen molar-refractivity contribution < 1.29 is 0 Å². The van der Waals surface area contributed by atoms with Gasteiger partial charge in [-0.1, -0.05) is 6.92 Å². The third kappa shape index (κ3) is 1.82. The molecule has 1 aliphatic rings. The zero-order valence-electron chi connectivity index (χ0n) is 8.57. The predicted octanol–water partition coefficient (Wildman–Crippen LogP) is 1.76. The highest BCUT2D eigenvalue weighted by molar-refractivity contribution is 7.11. The second kappa shape index (κ2) is 4.38. The lowest BCUT2D eigenvalue weighted by atomic mass is 10.2. The number of nitrogens with zero attached hydrogens (tertiary/aromatic N) is 2. The van der Waals surface area contributed by atoms with E-state index in [9.17, 15) is 0 Å². The Balaban J connectivity index is 2.13. The molecule has 1 fully saturated rings. The molecule has 1 aromatic rings. The van der Waals surface area contributed by atoms with Crippen molar-refractivity contribution in [3.8, 4) is 0 Å². The summed E-state index contributed by atoms with van der Waals surface area (Å²) >= 11 is 1.77. The van der Waals surface area contributed by atoms with Gasteiger partial charge in [-0.25, -0.2) is 4.98 Å². The monoisotopic (exact) mass is 211 g/mol. The molecular formula is C10H17N3S. The van der Waals surface area contributed by atoms with Gasteiger partial charge in [0.25, 0.3) is 0 Å². The topological polar surface area (TPSA) is 42.2 Å². The number of rotatable bonds is 3. The third-order valence-electron chi connectivity index (χ3n) is 2.83. The van der Waals surface area contributed by atoms with Crippen LogP contribution in [0.15, 0.2) is 6.20 Å². The third-order valence-corrected chi connectivity index (χ3v) is 3.95. The second-order valence-corrected chi connectivity index (χ2v) is 4.80. The van der Waals surface area contributed by atoms with Crippen LogP contribution >= 0.6 is 11.3 Å². The summed E-state index contributed by atoms with van der Waals surface area (Å²) in [5.74, 6) is 0. The van der Waals surface area contributed by atoms with E-state index in [4.69, 9.17) is 5.73 Å². The standard InChI is InChI=1S/C10H17N3S/c1-2-13-5-3-4-9(13)10-12-7-8(6-11)14-10/h7,9H,2-6,11H2,1H3. The quantitative estimate of drug-likeness (QED) is 0.828. The average molecular weight is 211 g/mol. The van der Waals surface area contributed by atoms with Crippen LogP contribution in [0.2, 0.25) is 0 Å². The molecule has 0 bridgehead atoms. The first kappa shape index (κ1) is 10.1. The van der Waals surface area contributed by atoms with Crippen molar-refractivity contribution in [3.63, 3.8) is 0 Å². The first-order valence-electron chi connectivity index (χ1n) is 5.24. The number of hydrogen-bond acceptors (Lipinski definition) is 4. The SMILES string of the molecule is CCN1CCCC1c1ncc(CN)s1. The average Bonchev–Trinajstić information content (AvgIpc) is 2.85. The highest BCUT2D eigenvalue weighted by atomic mass is 32.1. The van der Waals surface area contributed by atoms with E-state index in [0.717, 1.165) is 6.54 Å². The fourth-order valence-corrected chi connectivity index (χ4v) is 3.02. The fraction of sp³-hybridized carbons (Fsp3) is 0.700. The molecule has 1 saturated heterocycles. The summed E-state index contributed by atoms with van der Waals surface area (Å²) in [6.45, 7) is 5.19. The predicted molar refractivity (Wildman–Crippen MR) is 59.2 cm³/mol. The highest BCUT2D eigenvalue weighted by Crippen LogP contribution is 2.33. The number of hydrogen-bond donors (Lipinski definition) is 1. The van der Waals surface area contributed by atoms with E-state index in [1.54, 1.807) is 11.3 Å². The molecule has 1 unspecified atom stereocenters. The summed E-state index contributed by atoms with van der Waals surface area (Å²) in [5, 5.41) is 1.25. The van der Waals surface area contributed by atoms with E-state index >= 15 is 0 Å². The Bertz CT molecular complexity index is 297. The summed E-state index contributed by atoms with van der Waals surface area (Å²) in [6.07, 6.45) is 4.48. The van der Waals surface area contributed by atoms with Gasteiger partial charge in [0.2, 0.25) is 0 Å². The van der Waals surface area contributed by atoms with Crippen LogP contribution in [0.3, 0.4) is 0 Å². The molecule has 0 radical (unpaired) electrons. The van der Waals surface area contributed by atoms with E-state index in [1.807, 2.05) is 6.20 Å². The van der Waals surface area contributed by atoms with Gasteiger partial charge in [-0.15, -0.1) is 11.3 Å². The molecule has 14 heavy (non-hydrogen) atoms. The largest absolute Gasteiger partial charge is 0.326 e. The Labute approximate surface area is 88.9 Å². The van der Waals surface area contributed by atoms with Crippen molar-refractivity contribution in [1.29, 1.82) is 0 Å². The van der Waals surface area contributed by atoms with Crippen molar-refractivity contribution >= 4 is 11.3 Å². The normalized spacial score (nSPS) is 23.1. The summed E-state index contributed by atoms with van der Waals surface area (Å²) in [5.41, 5.74) is 5.59. The van der Waals surface area contributed by atoms with Gasteiger partial charge in [0.1, 0.15) is 5.01 Å². The number of thiazole rings is 1. The minimum Gasteiger partial charge on any atom is -0.326 e. The van der Waals surface area contributed by atoms with Gasteiger partial charge in [-0.3, -0.25) is 4.90 Å². The van der Waals surface area contributed by atoms with Gasteiger partial charge in [0.15, 0.2) is 0 Å². The molecule has 3 nitrogen and oxygen atoms in total. The minimum atomic E-state index is 0.560.